The number of carboxylic acids is 2. The molecule has 6 rings (SSSR count). The molecule has 382 valence electrons. The lowest BCUT2D eigenvalue weighted by atomic mass is 10.1. The molecule has 26 heteroatoms. The lowest BCUT2D eigenvalue weighted by Gasteiger charge is -2.23. The number of rotatable bonds is 17. The molecule has 70 heavy (non-hydrogen) atoms. The van der Waals surface area contributed by atoms with Gasteiger partial charge in [-0.05, 0) is 102 Å². The number of nitrogens with two attached hydrogens (primary N) is 2. The van der Waals surface area contributed by atoms with Crippen molar-refractivity contribution in [1.82, 2.24) is 35.1 Å². The van der Waals surface area contributed by atoms with E-state index in [2.05, 4.69) is 71.5 Å². The number of carboxylic acid groups (broad SMARTS) is 2. The third-order valence-corrected chi connectivity index (χ3v) is 10.2. The molecule has 2 saturated heterocycles. The van der Waals surface area contributed by atoms with E-state index in [0.717, 1.165) is 37.3 Å². The van der Waals surface area contributed by atoms with Gasteiger partial charge in [-0.2, -0.15) is 0 Å². The Kier molecular flexibility index (Phi) is 25.9. The molecule has 0 spiro atoms. The summed E-state index contributed by atoms with van der Waals surface area (Å²) in [7, 11) is 0. The van der Waals surface area contributed by atoms with Crippen molar-refractivity contribution in [2.24, 2.45) is 0 Å². The molecule has 2 fully saturated rings. The molecule has 2 aromatic carbocycles. The molecule has 0 atom stereocenters. The van der Waals surface area contributed by atoms with Crippen LogP contribution >= 0.6 is 24.0 Å². The van der Waals surface area contributed by atoms with Gasteiger partial charge in [-0.3, -0.25) is 39.6 Å². The fourth-order valence-electron chi connectivity index (χ4n) is 7.06. The quantitative estimate of drug-likeness (QED) is 0.0309. The van der Waals surface area contributed by atoms with Crippen LogP contribution in [0.5, 0.6) is 0 Å². The van der Waals surface area contributed by atoms with Gasteiger partial charge in [-0.1, -0.05) is 60.1 Å². The number of carbonyl (C=O) groups excluding carboxylic acids is 2. The SMILES string of the molecule is CCOC(=O)CN(Cc1cccc(CN2CCCC2)c1)c1nc(C)nc(N)c1[N+](=O)[O-].CCOC(=O)CNCc1cccc(CN2CCCC2)c1.Cc1nc(N)c([N+](=O)[O-])c(Cl)n1.Cl.O=C(O)C(=O)O. The zero-order valence-corrected chi connectivity index (χ0v) is 40.9. The topological polar surface area (TPSA) is 339 Å². The number of carbonyl (C=O) groups is 4. The summed E-state index contributed by atoms with van der Waals surface area (Å²) in [5.41, 5.74) is 14.8. The molecule has 2 aliphatic heterocycles. The van der Waals surface area contributed by atoms with Gasteiger partial charge in [0.25, 0.3) is 0 Å². The smallest absolute Gasteiger partial charge is 0.414 e. The van der Waals surface area contributed by atoms with Gasteiger partial charge in [0.2, 0.25) is 22.6 Å². The van der Waals surface area contributed by atoms with Crippen LogP contribution in [0.25, 0.3) is 0 Å². The Hall–Kier alpha value is -6.86. The summed E-state index contributed by atoms with van der Waals surface area (Å²) in [4.78, 5) is 84.1. The Morgan fingerprint density at radius 2 is 1.17 bits per heavy atom. The summed E-state index contributed by atoms with van der Waals surface area (Å²) in [6.07, 6.45) is 5.07. The minimum Gasteiger partial charge on any atom is -0.473 e. The highest BCUT2D eigenvalue weighted by atomic mass is 35.5. The van der Waals surface area contributed by atoms with Gasteiger partial charge in [0.05, 0.1) is 29.6 Å². The number of nitro groups is 2. The van der Waals surface area contributed by atoms with Gasteiger partial charge in [0.15, 0.2) is 0 Å². The summed E-state index contributed by atoms with van der Waals surface area (Å²) in [6.45, 7) is 14.8. The molecule has 2 aromatic heterocycles. The zero-order chi connectivity index (χ0) is 51.0. The monoisotopic (exact) mass is 1020 g/mol. The van der Waals surface area contributed by atoms with E-state index in [0.29, 0.717) is 19.0 Å². The number of esters is 2. The van der Waals surface area contributed by atoms with Crippen molar-refractivity contribution >= 4 is 76.7 Å². The fraction of sp³-hybridized carbons (Fsp3) is 0.455. The van der Waals surface area contributed by atoms with Crippen LogP contribution in [0.15, 0.2) is 48.5 Å². The summed E-state index contributed by atoms with van der Waals surface area (Å²) in [6, 6.07) is 16.6. The van der Waals surface area contributed by atoms with Crippen LogP contribution in [-0.2, 0) is 54.8 Å². The predicted octanol–water partition coefficient (Wildman–Crippen LogP) is 4.88. The highest BCUT2D eigenvalue weighted by Crippen LogP contribution is 2.32. The van der Waals surface area contributed by atoms with Crippen molar-refractivity contribution in [3.8, 4) is 0 Å². The van der Waals surface area contributed by atoms with Crippen molar-refractivity contribution in [2.45, 2.75) is 79.6 Å². The Labute approximate surface area is 415 Å². The number of hydrogen-bond donors (Lipinski definition) is 5. The number of likely N-dealkylation sites (tertiary alicyclic amines) is 2. The number of ether oxygens (including phenoxy) is 2. The van der Waals surface area contributed by atoms with Crippen LogP contribution in [0.2, 0.25) is 5.15 Å². The van der Waals surface area contributed by atoms with E-state index >= 15 is 0 Å². The minimum absolute atomic E-state index is 0. The molecule has 0 aliphatic carbocycles. The number of aryl methyl sites for hydroxylation is 2. The molecule has 0 unspecified atom stereocenters. The highest BCUT2D eigenvalue weighted by Gasteiger charge is 2.29. The number of hydrogen-bond acceptors (Lipinski definition) is 20. The summed E-state index contributed by atoms with van der Waals surface area (Å²) >= 11 is 5.46. The zero-order valence-electron chi connectivity index (χ0n) is 39.4. The first-order chi connectivity index (χ1) is 32.8. The van der Waals surface area contributed by atoms with Gasteiger partial charge in [-0.15, -0.1) is 12.4 Å². The Bertz CT molecular complexity index is 2350. The predicted molar refractivity (Wildman–Crippen MR) is 261 cm³/mol. The molecule has 0 saturated carbocycles. The molecule has 0 radical (unpaired) electrons. The Morgan fingerprint density at radius 3 is 1.64 bits per heavy atom. The molecular weight excluding hydrogens is 959 g/mol. The van der Waals surface area contributed by atoms with Crippen LogP contribution in [-0.4, -0.2) is 126 Å². The molecule has 0 amide bonds. The van der Waals surface area contributed by atoms with E-state index in [9.17, 15) is 29.8 Å². The largest absolute Gasteiger partial charge is 0.473 e. The van der Waals surface area contributed by atoms with Crippen molar-refractivity contribution in [3.63, 3.8) is 0 Å². The maximum absolute atomic E-state index is 12.3. The van der Waals surface area contributed by atoms with E-state index in [1.807, 2.05) is 19.1 Å². The third kappa shape index (κ3) is 20.8. The van der Waals surface area contributed by atoms with E-state index in [1.54, 1.807) is 20.8 Å². The molecule has 24 nitrogen and oxygen atoms in total. The number of halogens is 2. The standard InChI is InChI=1S/C21H28N6O4.C16H24N2O2.C5H5ClN4O2.C2H2O4.ClH/c1-3-31-18(28)14-26(21-19(27(29)30)20(22)23-15(2)24-21)13-17-8-6-7-16(11-17)12-25-9-4-5-10-25;1-2-20-16(19)12-17-11-14-6-5-7-15(10-14)13-18-8-3-4-9-18;1-2-8-4(6)3(10(11)12)5(7)9-2;3-1(4)2(5)6;/h6-8,11H,3-5,9-10,12-14H2,1-2H3,(H2,22,23,24);5-7,10,17H,2-4,8-9,11-13H2,1H3;1H3,(H2,7,8,9);(H,3,4)(H,5,6);1H. The Morgan fingerprint density at radius 1 is 0.729 bits per heavy atom. The van der Waals surface area contributed by atoms with Gasteiger partial charge in [0.1, 0.15) is 18.2 Å². The van der Waals surface area contributed by atoms with E-state index in [1.165, 1.54) is 54.8 Å². The average molecular weight is 1020 g/mol. The maximum atomic E-state index is 12.3. The van der Waals surface area contributed by atoms with Gasteiger partial charge < -0.3 is 41.4 Å². The highest BCUT2D eigenvalue weighted by molar-refractivity contribution is 6.31. The number of nitrogens with one attached hydrogen (secondary N) is 1. The lowest BCUT2D eigenvalue weighted by Crippen LogP contribution is -2.32. The number of aliphatic carboxylic acids is 2. The first-order valence-corrected chi connectivity index (χ1v) is 22.2. The normalized spacial score (nSPS) is 12.9. The number of benzene rings is 2. The van der Waals surface area contributed by atoms with E-state index in [-0.39, 0.29) is 73.0 Å². The number of aromatic nitrogens is 4. The van der Waals surface area contributed by atoms with E-state index < -0.39 is 39.1 Å². The van der Waals surface area contributed by atoms with Crippen LogP contribution in [0.1, 0.15) is 73.4 Å². The number of anilines is 3. The van der Waals surface area contributed by atoms with E-state index in [4.69, 9.17) is 52.3 Å². The molecule has 4 aromatic rings. The lowest BCUT2D eigenvalue weighted by molar-refractivity contribution is -0.384. The van der Waals surface area contributed by atoms with Crippen LogP contribution < -0.4 is 21.7 Å². The fourth-order valence-corrected chi connectivity index (χ4v) is 7.35. The minimum atomic E-state index is -1.82. The van der Waals surface area contributed by atoms with Gasteiger partial charge in [0, 0.05) is 26.2 Å². The first kappa shape index (κ1) is 59.3. The summed E-state index contributed by atoms with van der Waals surface area (Å²) in [5, 5.41) is 39.7. The first-order valence-electron chi connectivity index (χ1n) is 21.9. The third-order valence-electron chi connectivity index (χ3n) is 9.93. The molecule has 4 heterocycles. The number of nitrogen functional groups attached to an aromatic ring is 2. The van der Waals surface area contributed by atoms with Crippen LogP contribution in [0.4, 0.5) is 28.8 Å². The summed E-state index contributed by atoms with van der Waals surface area (Å²) in [5.74, 6) is -4.18. The summed E-state index contributed by atoms with van der Waals surface area (Å²) < 4.78 is 9.96. The molecule has 2 aliphatic rings. The van der Waals surface area contributed by atoms with Gasteiger partial charge >= 0.3 is 35.3 Å². The molecule has 7 N–H and O–H groups in total. The van der Waals surface area contributed by atoms with Crippen molar-refractivity contribution in [1.29, 1.82) is 0 Å². The van der Waals surface area contributed by atoms with Crippen molar-refractivity contribution in [2.75, 3.05) is 68.8 Å². The van der Waals surface area contributed by atoms with Crippen LogP contribution in [0, 0.1) is 34.1 Å². The van der Waals surface area contributed by atoms with Crippen molar-refractivity contribution in [3.05, 3.63) is 108 Å². The maximum Gasteiger partial charge on any atom is 0.414 e. The van der Waals surface area contributed by atoms with Crippen molar-refractivity contribution < 1.29 is 48.7 Å². The van der Waals surface area contributed by atoms with Crippen LogP contribution in [0.3, 0.4) is 0 Å². The second-order valence-corrected chi connectivity index (χ2v) is 15.8. The Balaban J connectivity index is 0.000000367. The van der Waals surface area contributed by atoms with Gasteiger partial charge in [-0.25, -0.2) is 29.5 Å². The second-order valence-electron chi connectivity index (χ2n) is 15.4. The molecule has 0 bridgehead atoms. The molecular formula is C44H60Cl2N12O12. The second kappa shape index (κ2) is 30.6. The number of nitrogens with zero attached hydrogens (tertiary/aromatic N) is 9. The average Bonchev–Trinajstić information content (AvgIpc) is 3.99.